The van der Waals surface area contributed by atoms with Crippen LogP contribution in [-0.4, -0.2) is 31.4 Å². The minimum Gasteiger partial charge on any atom is -0.349 e. The summed E-state index contributed by atoms with van der Waals surface area (Å²) < 4.78 is 0. The maximum atomic E-state index is 11.8. The van der Waals surface area contributed by atoms with E-state index >= 15 is 0 Å². The van der Waals surface area contributed by atoms with Crippen LogP contribution in [0.5, 0.6) is 0 Å². The molecule has 2 aromatic carbocycles. The molecule has 0 radical (unpaired) electrons. The second-order valence-electron chi connectivity index (χ2n) is 6.03. The highest BCUT2D eigenvalue weighted by Gasteiger charge is 2.13. The Balaban J connectivity index is 1.86. The maximum Gasteiger partial charge on any atom is 0.226 e. The van der Waals surface area contributed by atoms with Gasteiger partial charge in [0.15, 0.2) is 0 Å². The van der Waals surface area contributed by atoms with Gasteiger partial charge in [0, 0.05) is 20.6 Å². The highest BCUT2D eigenvalue weighted by molar-refractivity contribution is 5.78. The molecular formula is C19H22N2O. The van der Waals surface area contributed by atoms with Crippen molar-refractivity contribution in [2.75, 3.05) is 20.6 Å². The molecule has 1 aliphatic heterocycles. The summed E-state index contributed by atoms with van der Waals surface area (Å²) in [5, 5.41) is 3.42. The third-order valence-corrected chi connectivity index (χ3v) is 4.26. The molecule has 0 spiro atoms. The number of likely N-dealkylation sites (N-methyl/N-ethyl adjacent to an activating group) is 1. The molecule has 3 heteroatoms. The Hall–Kier alpha value is -2.13. The molecule has 1 aliphatic rings. The number of fused-ring (bicyclic) bond motifs is 1. The number of amides is 1. The average Bonchev–Trinajstić information content (AvgIpc) is 2.55. The van der Waals surface area contributed by atoms with Gasteiger partial charge in [0.05, 0.1) is 6.42 Å². The molecule has 3 rings (SSSR count). The van der Waals surface area contributed by atoms with E-state index in [0.717, 1.165) is 25.1 Å². The van der Waals surface area contributed by atoms with Crippen LogP contribution in [0.2, 0.25) is 0 Å². The summed E-state index contributed by atoms with van der Waals surface area (Å²) in [5.74, 6) is 0.135. The molecule has 0 saturated heterocycles. The molecule has 0 unspecified atom stereocenters. The summed E-state index contributed by atoms with van der Waals surface area (Å²) in [6.45, 7) is 2.00. The summed E-state index contributed by atoms with van der Waals surface area (Å²) in [6.07, 6.45) is 1.54. The van der Waals surface area contributed by atoms with Crippen molar-refractivity contribution in [2.24, 2.45) is 0 Å². The minimum atomic E-state index is 0.135. The van der Waals surface area contributed by atoms with E-state index in [1.54, 1.807) is 19.0 Å². The Morgan fingerprint density at radius 3 is 2.64 bits per heavy atom. The second-order valence-corrected chi connectivity index (χ2v) is 6.03. The van der Waals surface area contributed by atoms with Crippen molar-refractivity contribution in [2.45, 2.75) is 19.4 Å². The van der Waals surface area contributed by atoms with Crippen LogP contribution in [0.15, 0.2) is 42.5 Å². The number of hydrogen-bond donors (Lipinski definition) is 1. The lowest BCUT2D eigenvalue weighted by atomic mass is 9.91. The number of rotatable bonds is 3. The number of carbonyl (C=O) groups is 1. The topological polar surface area (TPSA) is 32.3 Å². The molecule has 1 N–H and O–H groups in total. The van der Waals surface area contributed by atoms with E-state index < -0.39 is 0 Å². The van der Waals surface area contributed by atoms with Crippen molar-refractivity contribution in [3.05, 3.63) is 59.2 Å². The lowest BCUT2D eigenvalue weighted by molar-refractivity contribution is -0.127. The molecule has 1 amide bonds. The Kier molecular flexibility index (Phi) is 4.25. The monoisotopic (exact) mass is 294 g/mol. The number of nitrogens with one attached hydrogen (secondary N) is 1. The zero-order valence-electron chi connectivity index (χ0n) is 13.2. The minimum absolute atomic E-state index is 0.135. The second kappa shape index (κ2) is 6.32. The summed E-state index contributed by atoms with van der Waals surface area (Å²) in [5.41, 5.74) is 6.48. The summed E-state index contributed by atoms with van der Waals surface area (Å²) in [6, 6.07) is 14.9. The highest BCUT2D eigenvalue weighted by Crippen LogP contribution is 2.28. The first-order valence-corrected chi connectivity index (χ1v) is 7.76. The van der Waals surface area contributed by atoms with Gasteiger partial charge in [0.2, 0.25) is 5.91 Å². The predicted molar refractivity (Wildman–Crippen MR) is 89.7 cm³/mol. The van der Waals surface area contributed by atoms with E-state index in [1.165, 1.54) is 22.3 Å². The fraction of sp³-hybridized carbons (Fsp3) is 0.316. The van der Waals surface area contributed by atoms with Crippen LogP contribution in [-0.2, 0) is 24.2 Å². The van der Waals surface area contributed by atoms with Crippen molar-refractivity contribution in [1.82, 2.24) is 10.2 Å². The zero-order valence-corrected chi connectivity index (χ0v) is 13.2. The molecule has 0 saturated carbocycles. The molecule has 0 bridgehead atoms. The zero-order chi connectivity index (χ0) is 15.5. The molecular weight excluding hydrogens is 272 g/mol. The van der Waals surface area contributed by atoms with Gasteiger partial charge in [-0.2, -0.15) is 0 Å². The van der Waals surface area contributed by atoms with E-state index in [-0.39, 0.29) is 5.91 Å². The van der Waals surface area contributed by atoms with Crippen molar-refractivity contribution in [3.8, 4) is 11.1 Å². The van der Waals surface area contributed by atoms with Gasteiger partial charge in [-0.05, 0) is 40.8 Å². The lowest BCUT2D eigenvalue weighted by Crippen LogP contribution is -2.24. The normalized spacial score (nSPS) is 13.5. The van der Waals surface area contributed by atoms with Crippen LogP contribution >= 0.6 is 0 Å². The molecule has 1 heterocycles. The third kappa shape index (κ3) is 3.04. The van der Waals surface area contributed by atoms with Crippen LogP contribution in [0.25, 0.3) is 11.1 Å². The Morgan fingerprint density at radius 1 is 1.14 bits per heavy atom. The number of carbonyl (C=O) groups excluding carboxylic acids is 1. The standard InChI is InChI=1S/C19H22N2O/c1-21(2)19(22)12-14-6-8-15(9-7-14)17-5-3-4-16-13-20-11-10-18(16)17/h3-9,20H,10-13H2,1-2H3. The first kappa shape index (κ1) is 14.8. The highest BCUT2D eigenvalue weighted by atomic mass is 16.2. The van der Waals surface area contributed by atoms with Gasteiger partial charge in [0.1, 0.15) is 0 Å². The fourth-order valence-corrected chi connectivity index (χ4v) is 2.94. The number of nitrogens with zero attached hydrogens (tertiary/aromatic N) is 1. The van der Waals surface area contributed by atoms with E-state index in [4.69, 9.17) is 0 Å². The van der Waals surface area contributed by atoms with E-state index in [2.05, 4.69) is 47.8 Å². The Labute approximate surface area is 132 Å². The summed E-state index contributed by atoms with van der Waals surface area (Å²) in [7, 11) is 3.59. The molecule has 0 aliphatic carbocycles. The molecule has 3 nitrogen and oxygen atoms in total. The van der Waals surface area contributed by atoms with E-state index in [0.29, 0.717) is 6.42 Å². The Bertz CT molecular complexity index is 674. The van der Waals surface area contributed by atoms with Gasteiger partial charge < -0.3 is 10.2 Å². The predicted octanol–water partition coefficient (Wildman–Crippen LogP) is 2.63. The summed E-state index contributed by atoms with van der Waals surface area (Å²) in [4.78, 5) is 13.4. The van der Waals surface area contributed by atoms with E-state index in [1.807, 2.05) is 0 Å². The smallest absolute Gasteiger partial charge is 0.226 e. The van der Waals surface area contributed by atoms with Crippen LogP contribution in [0.4, 0.5) is 0 Å². The van der Waals surface area contributed by atoms with Crippen LogP contribution < -0.4 is 5.32 Å². The van der Waals surface area contributed by atoms with Gasteiger partial charge in [-0.15, -0.1) is 0 Å². The van der Waals surface area contributed by atoms with Gasteiger partial charge in [-0.25, -0.2) is 0 Å². The van der Waals surface area contributed by atoms with Gasteiger partial charge >= 0.3 is 0 Å². The van der Waals surface area contributed by atoms with Gasteiger partial charge in [-0.1, -0.05) is 42.5 Å². The number of benzene rings is 2. The van der Waals surface area contributed by atoms with Crippen molar-refractivity contribution >= 4 is 5.91 Å². The molecule has 22 heavy (non-hydrogen) atoms. The van der Waals surface area contributed by atoms with Gasteiger partial charge in [-0.3, -0.25) is 4.79 Å². The van der Waals surface area contributed by atoms with Crippen LogP contribution in [0.1, 0.15) is 16.7 Å². The van der Waals surface area contributed by atoms with Crippen LogP contribution in [0, 0.1) is 0 Å². The van der Waals surface area contributed by atoms with Crippen molar-refractivity contribution in [3.63, 3.8) is 0 Å². The molecule has 0 aromatic heterocycles. The first-order chi connectivity index (χ1) is 10.6. The van der Waals surface area contributed by atoms with Crippen molar-refractivity contribution in [1.29, 1.82) is 0 Å². The van der Waals surface area contributed by atoms with Crippen molar-refractivity contribution < 1.29 is 4.79 Å². The quantitative estimate of drug-likeness (QED) is 0.944. The van der Waals surface area contributed by atoms with Crippen LogP contribution in [0.3, 0.4) is 0 Å². The van der Waals surface area contributed by atoms with E-state index in [9.17, 15) is 4.79 Å². The Morgan fingerprint density at radius 2 is 1.91 bits per heavy atom. The first-order valence-electron chi connectivity index (χ1n) is 7.76. The average molecular weight is 294 g/mol. The lowest BCUT2D eigenvalue weighted by Gasteiger charge is -2.20. The molecule has 2 aromatic rings. The number of hydrogen-bond acceptors (Lipinski definition) is 2. The van der Waals surface area contributed by atoms with Gasteiger partial charge in [0.25, 0.3) is 0 Å². The SMILES string of the molecule is CN(C)C(=O)Cc1ccc(-c2cccc3c2CCNC3)cc1. The maximum absolute atomic E-state index is 11.8. The molecule has 0 fully saturated rings. The third-order valence-electron chi connectivity index (χ3n) is 4.26. The fourth-order valence-electron chi connectivity index (χ4n) is 2.94. The summed E-state index contributed by atoms with van der Waals surface area (Å²) >= 11 is 0. The largest absolute Gasteiger partial charge is 0.349 e. The molecule has 0 atom stereocenters. The molecule has 114 valence electrons.